The van der Waals surface area contributed by atoms with Crippen LogP contribution in [0.15, 0.2) is 42.5 Å². The molecule has 7 heteroatoms. The van der Waals surface area contributed by atoms with Crippen LogP contribution in [0.2, 0.25) is 0 Å². The van der Waals surface area contributed by atoms with Crippen molar-refractivity contribution in [2.75, 3.05) is 18.4 Å². The first-order chi connectivity index (χ1) is 14.0. The maximum Gasteiger partial charge on any atom is 0.293 e. The van der Waals surface area contributed by atoms with Crippen LogP contribution in [0.1, 0.15) is 48.2 Å². The first-order valence-corrected chi connectivity index (χ1v) is 10.2. The first-order valence-electron chi connectivity index (χ1n) is 10.2. The quantitative estimate of drug-likeness (QED) is 0.425. The Morgan fingerprint density at radius 2 is 1.83 bits per heavy atom. The number of benzene rings is 2. The summed E-state index contributed by atoms with van der Waals surface area (Å²) in [6.07, 6.45) is 2.04. The molecule has 0 spiro atoms. The molecule has 0 atom stereocenters. The number of carbonyl (C=O) groups excluding carboxylic acids is 1. The Balaban J connectivity index is 1.69. The largest absolute Gasteiger partial charge is 0.377 e. The minimum Gasteiger partial charge on any atom is -0.377 e. The highest BCUT2D eigenvalue weighted by molar-refractivity contribution is 5.95. The van der Waals surface area contributed by atoms with Crippen molar-refractivity contribution in [3.63, 3.8) is 0 Å². The van der Waals surface area contributed by atoms with Crippen molar-refractivity contribution in [1.82, 2.24) is 5.32 Å². The van der Waals surface area contributed by atoms with Gasteiger partial charge in [-0.05, 0) is 44.4 Å². The van der Waals surface area contributed by atoms with Gasteiger partial charge in [0.15, 0.2) is 0 Å². The minimum atomic E-state index is -0.441. The summed E-state index contributed by atoms with van der Waals surface area (Å²) in [6, 6.07) is 13.0. The molecule has 2 aromatic carbocycles. The maximum atomic E-state index is 12.6. The predicted octanol–water partition coefficient (Wildman–Crippen LogP) is 2.52. The highest BCUT2D eigenvalue weighted by atomic mass is 16.6. The smallest absolute Gasteiger partial charge is 0.293 e. The molecule has 1 aliphatic rings. The highest BCUT2D eigenvalue weighted by Crippen LogP contribution is 2.31. The van der Waals surface area contributed by atoms with Gasteiger partial charge in [0.2, 0.25) is 0 Å². The zero-order valence-electron chi connectivity index (χ0n) is 17.0. The van der Waals surface area contributed by atoms with Crippen molar-refractivity contribution < 1.29 is 14.6 Å². The molecule has 0 radical (unpaired) electrons. The lowest BCUT2D eigenvalue weighted by atomic mass is 10.1. The second-order valence-corrected chi connectivity index (χ2v) is 7.49. The molecule has 2 aromatic rings. The van der Waals surface area contributed by atoms with Crippen LogP contribution in [0, 0.1) is 10.1 Å². The van der Waals surface area contributed by atoms with E-state index in [0.29, 0.717) is 23.8 Å². The van der Waals surface area contributed by atoms with Gasteiger partial charge < -0.3 is 15.5 Å². The third-order valence-electron chi connectivity index (χ3n) is 5.39. The van der Waals surface area contributed by atoms with Gasteiger partial charge in [0.25, 0.3) is 11.6 Å². The van der Waals surface area contributed by atoms with Crippen molar-refractivity contribution >= 4 is 17.3 Å². The molecule has 0 aromatic heterocycles. The molecule has 1 aliphatic carbocycles. The van der Waals surface area contributed by atoms with Crippen molar-refractivity contribution in [3.8, 4) is 0 Å². The molecule has 1 amide bonds. The Morgan fingerprint density at radius 3 is 2.45 bits per heavy atom. The molecule has 1 saturated carbocycles. The van der Waals surface area contributed by atoms with Gasteiger partial charge in [-0.15, -0.1) is 0 Å². The number of quaternary nitrogens is 1. The summed E-state index contributed by atoms with van der Waals surface area (Å²) in [5.74, 6) is -0.309. The van der Waals surface area contributed by atoms with Gasteiger partial charge >= 0.3 is 0 Å². The first kappa shape index (κ1) is 20.8. The van der Waals surface area contributed by atoms with Crippen LogP contribution >= 0.6 is 0 Å². The normalized spacial score (nSPS) is 13.3. The van der Waals surface area contributed by atoms with Crippen LogP contribution in [-0.2, 0) is 13.1 Å². The molecule has 29 heavy (non-hydrogen) atoms. The number of nitro groups is 1. The van der Waals surface area contributed by atoms with E-state index in [4.69, 9.17) is 0 Å². The summed E-state index contributed by atoms with van der Waals surface area (Å²) in [6.45, 7) is 7.72. The Bertz CT molecular complexity index is 876. The van der Waals surface area contributed by atoms with E-state index in [1.165, 1.54) is 16.5 Å². The fraction of sp³-hybridized carbons (Fsp3) is 0.409. The fourth-order valence-electron chi connectivity index (χ4n) is 3.34. The molecule has 7 nitrogen and oxygen atoms in total. The van der Waals surface area contributed by atoms with Crippen LogP contribution < -0.4 is 15.5 Å². The van der Waals surface area contributed by atoms with E-state index >= 15 is 0 Å². The Labute approximate surface area is 171 Å². The highest BCUT2D eigenvalue weighted by Gasteiger charge is 2.25. The monoisotopic (exact) mass is 397 g/mol. The van der Waals surface area contributed by atoms with Gasteiger partial charge in [0.05, 0.1) is 18.0 Å². The van der Waals surface area contributed by atoms with E-state index in [-0.39, 0.29) is 11.6 Å². The average Bonchev–Trinajstić information content (AvgIpc) is 3.55. The molecule has 0 unspecified atom stereocenters. The molecule has 0 saturated heterocycles. The summed E-state index contributed by atoms with van der Waals surface area (Å²) in [4.78, 5) is 25.1. The van der Waals surface area contributed by atoms with E-state index in [2.05, 4.69) is 30.5 Å². The van der Waals surface area contributed by atoms with Gasteiger partial charge in [-0.25, -0.2) is 0 Å². The fourth-order valence-corrected chi connectivity index (χ4v) is 3.34. The molecule has 1 fully saturated rings. The van der Waals surface area contributed by atoms with Crippen LogP contribution in [0.3, 0.4) is 0 Å². The van der Waals surface area contributed by atoms with Crippen molar-refractivity contribution in [2.45, 2.75) is 45.8 Å². The number of nitrogens with one attached hydrogen (secondary N) is 3. The lowest BCUT2D eigenvalue weighted by Crippen LogP contribution is -3.10. The molecule has 0 heterocycles. The number of carbonyl (C=O) groups is 1. The lowest BCUT2D eigenvalue weighted by Gasteiger charge is -2.18. The van der Waals surface area contributed by atoms with E-state index in [0.717, 1.165) is 38.0 Å². The Hall–Kier alpha value is -2.93. The van der Waals surface area contributed by atoms with Gasteiger partial charge in [0.1, 0.15) is 12.2 Å². The summed E-state index contributed by atoms with van der Waals surface area (Å²) < 4.78 is 0. The predicted molar refractivity (Wildman–Crippen MR) is 113 cm³/mol. The van der Waals surface area contributed by atoms with Gasteiger partial charge in [-0.1, -0.05) is 24.3 Å². The number of nitrogens with zero attached hydrogens (tertiary/aromatic N) is 1. The summed E-state index contributed by atoms with van der Waals surface area (Å²) in [5.41, 5.74) is 2.99. The second-order valence-electron chi connectivity index (χ2n) is 7.49. The second kappa shape index (κ2) is 9.52. The van der Waals surface area contributed by atoms with Gasteiger partial charge in [-0.3, -0.25) is 14.9 Å². The Kier molecular flexibility index (Phi) is 6.82. The maximum absolute atomic E-state index is 12.6. The molecule has 3 rings (SSSR count). The lowest BCUT2D eigenvalue weighted by molar-refractivity contribution is -0.910. The third kappa shape index (κ3) is 5.54. The zero-order chi connectivity index (χ0) is 20.8. The summed E-state index contributed by atoms with van der Waals surface area (Å²) in [5, 5.41) is 17.5. The number of hydrogen-bond donors (Lipinski definition) is 3. The van der Waals surface area contributed by atoms with E-state index < -0.39 is 4.92 Å². The molecular weight excluding hydrogens is 368 g/mol. The average molecular weight is 397 g/mol. The molecule has 3 N–H and O–H groups in total. The molecule has 0 bridgehead atoms. The third-order valence-corrected chi connectivity index (χ3v) is 5.39. The van der Waals surface area contributed by atoms with E-state index in [1.54, 1.807) is 12.1 Å². The topological polar surface area (TPSA) is 88.7 Å². The summed E-state index contributed by atoms with van der Waals surface area (Å²) in [7, 11) is 0. The Morgan fingerprint density at radius 1 is 1.14 bits per heavy atom. The van der Waals surface area contributed by atoms with Crippen LogP contribution in [0.4, 0.5) is 11.4 Å². The number of anilines is 1. The zero-order valence-corrected chi connectivity index (χ0v) is 17.0. The van der Waals surface area contributed by atoms with Crippen molar-refractivity contribution in [2.24, 2.45) is 0 Å². The van der Waals surface area contributed by atoms with E-state index in [1.807, 2.05) is 18.2 Å². The molecular formula is C22H29N4O3+. The number of nitro benzene ring substituents is 1. The van der Waals surface area contributed by atoms with Gasteiger partial charge in [-0.2, -0.15) is 0 Å². The standard InChI is InChI=1S/C22H28N4O3/c1-3-25(4-2)15-18-8-6-5-7-17(18)14-23-22(27)16-9-12-20(24-19-10-11-19)21(13-16)26(28)29/h5-9,12-13,19,24H,3-4,10-11,14-15H2,1-2H3,(H,23,27)/p+1. The molecule has 0 aliphatic heterocycles. The number of amides is 1. The minimum absolute atomic E-state index is 0.0601. The van der Waals surface area contributed by atoms with Crippen molar-refractivity contribution in [1.29, 1.82) is 0 Å². The number of rotatable bonds is 10. The van der Waals surface area contributed by atoms with E-state index in [9.17, 15) is 14.9 Å². The SMILES string of the molecule is CC[NH+](CC)Cc1ccccc1CNC(=O)c1ccc(NC2CC2)c([N+](=O)[O-])c1. The van der Waals surface area contributed by atoms with Crippen LogP contribution in [-0.4, -0.2) is 30.0 Å². The van der Waals surface area contributed by atoms with Crippen LogP contribution in [0.25, 0.3) is 0 Å². The van der Waals surface area contributed by atoms with Crippen LogP contribution in [0.5, 0.6) is 0 Å². The van der Waals surface area contributed by atoms with Crippen molar-refractivity contribution in [3.05, 3.63) is 69.3 Å². The van der Waals surface area contributed by atoms with Gasteiger partial charge in [0, 0.05) is 29.8 Å². The number of hydrogen-bond acceptors (Lipinski definition) is 4. The summed E-state index contributed by atoms with van der Waals surface area (Å²) >= 11 is 0. The molecule has 154 valence electrons.